The molecule has 0 unspecified atom stereocenters. The Kier molecular flexibility index (Phi) is 3.58. The molecule has 1 aromatic heterocycles. The summed E-state index contributed by atoms with van der Waals surface area (Å²) in [7, 11) is 0. The zero-order valence-corrected chi connectivity index (χ0v) is 23.9. The first-order valence-corrected chi connectivity index (χ1v) is 14.5. The van der Waals surface area contributed by atoms with Gasteiger partial charge in [0, 0.05) is 33.6 Å². The number of para-hydroxylation sites is 1. The molecule has 2 heteroatoms. The van der Waals surface area contributed by atoms with Crippen LogP contribution in [0.1, 0.15) is 20.6 Å². The van der Waals surface area contributed by atoms with Crippen molar-refractivity contribution in [2.75, 3.05) is 4.90 Å². The summed E-state index contributed by atoms with van der Waals surface area (Å²) in [6.45, 7) is 0. The molecule has 0 spiro atoms. The summed E-state index contributed by atoms with van der Waals surface area (Å²) in [6.07, 6.45) is 0. The van der Waals surface area contributed by atoms with Crippen molar-refractivity contribution in [2.45, 2.75) is 0 Å². The van der Waals surface area contributed by atoms with E-state index in [1.165, 1.54) is 0 Å². The van der Waals surface area contributed by atoms with Crippen molar-refractivity contribution in [3.05, 3.63) is 176 Å². The van der Waals surface area contributed by atoms with Gasteiger partial charge in [-0.05, 0) is 74.8 Å². The van der Waals surface area contributed by atoms with Crippen LogP contribution in [-0.2, 0) is 0 Å². The number of fused-ring (bicyclic) bond motifs is 5. The second-order valence-electron chi connectivity index (χ2n) is 10.6. The Labute approximate surface area is 288 Å². The van der Waals surface area contributed by atoms with Crippen molar-refractivity contribution in [3.8, 4) is 22.3 Å². The lowest BCUT2D eigenvalue weighted by atomic mass is 9.90. The molecule has 0 N–H and O–H groups in total. The number of hydrogen-bond donors (Lipinski definition) is 0. The molecule has 0 aliphatic heterocycles. The van der Waals surface area contributed by atoms with E-state index in [0.29, 0.717) is 27.9 Å². The third-order valence-corrected chi connectivity index (χ3v) is 7.96. The van der Waals surface area contributed by atoms with Gasteiger partial charge in [-0.2, -0.15) is 0 Å². The van der Waals surface area contributed by atoms with Crippen molar-refractivity contribution in [1.29, 1.82) is 0 Å². The van der Waals surface area contributed by atoms with Gasteiger partial charge >= 0.3 is 0 Å². The van der Waals surface area contributed by atoms with Crippen LogP contribution in [0.3, 0.4) is 0 Å². The van der Waals surface area contributed by atoms with Gasteiger partial charge in [-0.25, -0.2) is 0 Å². The SMILES string of the molecule is [2H]c1c([2H])c([2H])c(-c2c(-c3c([2H])c([2H])c(N(c4ccc5c(c4)oc4ccccc45)c4cccc5ccccc45)c([2H])c3[2H])c([2H])c([2H])c3c([2H])c([2H])c([2H])c([2H])c23)c([2H])c1[2H]. The average Bonchev–Trinajstić information content (AvgIpc) is 3.64. The molecule has 0 amide bonds. The number of furan rings is 1. The first-order chi connectivity index (χ1) is 29.1. The summed E-state index contributed by atoms with van der Waals surface area (Å²) in [5.41, 5.74) is -0.501. The van der Waals surface area contributed by atoms with E-state index in [2.05, 4.69) is 0 Å². The minimum atomic E-state index is -0.812. The van der Waals surface area contributed by atoms with Gasteiger partial charge in [0.1, 0.15) is 11.2 Å². The van der Waals surface area contributed by atoms with Gasteiger partial charge in [-0.3, -0.25) is 0 Å². The topological polar surface area (TPSA) is 16.4 Å². The fourth-order valence-corrected chi connectivity index (χ4v) is 5.91. The molecule has 1 heterocycles. The minimum Gasteiger partial charge on any atom is -0.456 e. The maximum atomic E-state index is 9.65. The largest absolute Gasteiger partial charge is 0.456 e. The molecule has 0 aliphatic rings. The Morgan fingerprint density at radius 2 is 1.20 bits per heavy atom. The van der Waals surface area contributed by atoms with E-state index in [1.807, 2.05) is 60.7 Å². The van der Waals surface area contributed by atoms with Crippen LogP contribution in [0.25, 0.3) is 65.7 Å². The minimum absolute atomic E-state index is 0.213. The molecule has 0 radical (unpaired) electrons. The summed E-state index contributed by atoms with van der Waals surface area (Å²) in [5, 5.41) is 2.21. The predicted octanol–water partition coefficient (Wildman–Crippen LogP) is 12.7. The molecule has 0 fully saturated rings. The lowest BCUT2D eigenvalue weighted by Gasteiger charge is -2.27. The van der Waals surface area contributed by atoms with Crippen molar-refractivity contribution in [1.82, 2.24) is 0 Å². The monoisotopic (exact) mass is 602 g/mol. The van der Waals surface area contributed by atoms with E-state index in [0.717, 1.165) is 16.2 Å². The van der Waals surface area contributed by atoms with Crippen molar-refractivity contribution in [3.63, 3.8) is 0 Å². The molecule has 8 aromatic carbocycles. The molecule has 0 bridgehead atoms. The second-order valence-corrected chi connectivity index (χ2v) is 10.6. The van der Waals surface area contributed by atoms with E-state index < -0.39 is 124 Å². The molecule has 2 nitrogen and oxygen atoms in total. The molecule has 9 rings (SSSR count). The van der Waals surface area contributed by atoms with Crippen LogP contribution in [0, 0.1) is 0 Å². The summed E-state index contributed by atoms with van der Waals surface area (Å²) in [6, 6.07) is 14.5. The van der Waals surface area contributed by atoms with Crippen molar-refractivity contribution >= 4 is 60.5 Å². The fourth-order valence-electron chi connectivity index (χ4n) is 5.91. The number of hydrogen-bond acceptors (Lipinski definition) is 2. The Hall–Kier alpha value is -6.12. The number of nitrogens with zero attached hydrogens (tertiary/aromatic N) is 1. The van der Waals surface area contributed by atoms with Gasteiger partial charge < -0.3 is 9.32 Å². The Morgan fingerprint density at radius 1 is 0.457 bits per heavy atom. The Bertz CT molecular complexity index is 3340. The summed E-state index contributed by atoms with van der Waals surface area (Å²) in [4.78, 5) is 1.57. The first-order valence-electron chi connectivity index (χ1n) is 22.0. The molecule has 216 valence electrons. The highest BCUT2D eigenvalue weighted by molar-refractivity contribution is 6.07. The normalized spacial score (nSPS) is 16.0. The maximum Gasteiger partial charge on any atom is 0.137 e. The zero-order valence-electron chi connectivity index (χ0n) is 38.9. The van der Waals surface area contributed by atoms with Gasteiger partial charge in [0.2, 0.25) is 0 Å². The molecule has 0 saturated heterocycles. The highest BCUT2D eigenvalue weighted by Crippen LogP contribution is 2.43. The predicted molar refractivity (Wildman–Crippen MR) is 194 cm³/mol. The number of anilines is 3. The van der Waals surface area contributed by atoms with E-state index in [1.54, 1.807) is 29.2 Å². The molecule has 46 heavy (non-hydrogen) atoms. The molecular formula is C44H29NO. The highest BCUT2D eigenvalue weighted by Gasteiger charge is 2.18. The summed E-state index contributed by atoms with van der Waals surface area (Å²) >= 11 is 0. The molecule has 9 aromatic rings. The standard InChI is InChI=1S/C44H29NO/c1-2-13-33(14-3-1)44-37-17-7-5-12-31(37)23-27-38(44)32-21-24-34(25-22-32)45(41-19-10-15-30-11-4-6-16-36(30)41)35-26-28-40-39-18-8-9-20-42(39)46-43(40)29-35/h1-29H/i1D,2D,3D,5D,7D,12D,13D,14D,17D,21D,22D,23D,24D,25D,27D. The molecular weight excluding hydrogens is 558 g/mol. The maximum absolute atomic E-state index is 9.65. The van der Waals surface area contributed by atoms with Crippen LogP contribution in [0.4, 0.5) is 17.1 Å². The third-order valence-electron chi connectivity index (χ3n) is 7.96. The lowest BCUT2D eigenvalue weighted by Crippen LogP contribution is -2.10. The Balaban J connectivity index is 1.42. The number of rotatable bonds is 5. The second kappa shape index (κ2) is 10.8. The van der Waals surface area contributed by atoms with E-state index >= 15 is 0 Å². The van der Waals surface area contributed by atoms with Crippen molar-refractivity contribution < 1.29 is 25.0 Å². The van der Waals surface area contributed by atoms with Gasteiger partial charge in [0.25, 0.3) is 0 Å². The van der Waals surface area contributed by atoms with Crippen molar-refractivity contribution in [2.24, 2.45) is 0 Å². The lowest BCUT2D eigenvalue weighted by molar-refractivity contribution is 0.669. The average molecular weight is 603 g/mol. The van der Waals surface area contributed by atoms with Gasteiger partial charge in [-0.1, -0.05) is 133 Å². The highest BCUT2D eigenvalue weighted by atomic mass is 16.3. The smallest absolute Gasteiger partial charge is 0.137 e. The van der Waals surface area contributed by atoms with E-state index in [9.17, 15) is 6.85 Å². The summed E-state index contributed by atoms with van der Waals surface area (Å²) < 4.78 is 141. The van der Waals surface area contributed by atoms with E-state index in [-0.39, 0.29) is 5.69 Å². The fraction of sp³-hybridized carbons (Fsp3) is 0. The summed E-state index contributed by atoms with van der Waals surface area (Å²) in [5.74, 6) is 0. The van der Waals surface area contributed by atoms with Crippen LogP contribution >= 0.6 is 0 Å². The van der Waals surface area contributed by atoms with Gasteiger partial charge in [-0.15, -0.1) is 0 Å². The van der Waals surface area contributed by atoms with Crippen LogP contribution in [0.2, 0.25) is 0 Å². The van der Waals surface area contributed by atoms with Gasteiger partial charge in [0.15, 0.2) is 0 Å². The number of benzene rings is 8. The van der Waals surface area contributed by atoms with Gasteiger partial charge in [0.05, 0.1) is 26.2 Å². The molecule has 0 atom stereocenters. The quantitative estimate of drug-likeness (QED) is 0.195. The Morgan fingerprint density at radius 3 is 2.09 bits per heavy atom. The first kappa shape index (κ1) is 15.2. The van der Waals surface area contributed by atoms with Crippen LogP contribution in [0.5, 0.6) is 0 Å². The molecule has 0 saturated carbocycles. The van der Waals surface area contributed by atoms with Crippen LogP contribution in [-0.4, -0.2) is 0 Å². The third kappa shape index (κ3) is 4.35. The van der Waals surface area contributed by atoms with Crippen LogP contribution in [0.15, 0.2) is 180 Å². The zero-order chi connectivity index (χ0) is 43.5. The van der Waals surface area contributed by atoms with Crippen LogP contribution < -0.4 is 4.90 Å². The van der Waals surface area contributed by atoms with E-state index in [4.69, 9.17) is 18.1 Å². The molecule has 0 aliphatic carbocycles.